The van der Waals surface area contributed by atoms with E-state index in [0.717, 1.165) is 16.5 Å². The normalized spacial score (nSPS) is 12.0. The first-order valence-electron chi connectivity index (χ1n) is 8.29. The standard InChI is InChI=1S/C20H22N2O4/c1-12-5-4-6-13-9-17(22-19(12)13)20(24)21-11-18(23)14-7-15(25-2)10-16(8-14)26-3/h4-10,18,22-23H,11H2,1-3H3,(H,21,24). The first-order chi connectivity index (χ1) is 12.5. The highest BCUT2D eigenvalue weighted by Gasteiger charge is 2.15. The summed E-state index contributed by atoms with van der Waals surface area (Å²) in [6.07, 6.45) is -0.880. The number of amides is 1. The van der Waals surface area contributed by atoms with Gasteiger partial charge in [0.1, 0.15) is 17.2 Å². The number of aryl methyl sites for hydroxylation is 1. The second-order valence-electron chi connectivity index (χ2n) is 6.09. The van der Waals surface area contributed by atoms with Crippen molar-refractivity contribution in [1.82, 2.24) is 10.3 Å². The maximum atomic E-state index is 12.4. The summed E-state index contributed by atoms with van der Waals surface area (Å²) in [5.41, 5.74) is 3.08. The van der Waals surface area contributed by atoms with Crippen LogP contribution in [0.3, 0.4) is 0 Å². The molecular weight excluding hydrogens is 332 g/mol. The second-order valence-corrected chi connectivity index (χ2v) is 6.09. The lowest BCUT2D eigenvalue weighted by Gasteiger charge is -2.14. The Morgan fingerprint density at radius 2 is 1.85 bits per heavy atom. The molecule has 0 saturated carbocycles. The Labute approximate surface area is 151 Å². The van der Waals surface area contributed by atoms with Gasteiger partial charge in [-0.1, -0.05) is 18.2 Å². The van der Waals surface area contributed by atoms with E-state index in [0.29, 0.717) is 22.8 Å². The highest BCUT2D eigenvalue weighted by Crippen LogP contribution is 2.26. The topological polar surface area (TPSA) is 83.6 Å². The molecule has 0 aliphatic rings. The number of hydrogen-bond donors (Lipinski definition) is 3. The smallest absolute Gasteiger partial charge is 0.267 e. The first kappa shape index (κ1) is 17.8. The predicted octanol–water partition coefficient (Wildman–Crippen LogP) is 2.96. The van der Waals surface area contributed by atoms with E-state index in [9.17, 15) is 9.90 Å². The van der Waals surface area contributed by atoms with Crippen LogP contribution in [0.1, 0.15) is 27.7 Å². The van der Waals surface area contributed by atoms with E-state index in [4.69, 9.17) is 9.47 Å². The van der Waals surface area contributed by atoms with Crippen molar-refractivity contribution in [2.24, 2.45) is 0 Å². The highest BCUT2D eigenvalue weighted by atomic mass is 16.5. The number of fused-ring (bicyclic) bond motifs is 1. The molecule has 0 aliphatic heterocycles. The van der Waals surface area contributed by atoms with E-state index in [1.54, 1.807) is 38.5 Å². The number of aromatic nitrogens is 1. The Kier molecular flexibility index (Phi) is 5.14. The van der Waals surface area contributed by atoms with Crippen LogP contribution in [0.4, 0.5) is 0 Å². The fraction of sp³-hybridized carbons (Fsp3) is 0.250. The van der Waals surface area contributed by atoms with Crippen LogP contribution in [0.5, 0.6) is 11.5 Å². The number of benzene rings is 2. The third-order valence-corrected chi connectivity index (χ3v) is 4.32. The number of aromatic amines is 1. The lowest BCUT2D eigenvalue weighted by atomic mass is 10.1. The van der Waals surface area contributed by atoms with Gasteiger partial charge >= 0.3 is 0 Å². The molecule has 26 heavy (non-hydrogen) atoms. The van der Waals surface area contributed by atoms with Crippen LogP contribution in [0.2, 0.25) is 0 Å². The monoisotopic (exact) mass is 354 g/mol. The lowest BCUT2D eigenvalue weighted by molar-refractivity contribution is 0.0912. The number of methoxy groups -OCH3 is 2. The van der Waals surface area contributed by atoms with Gasteiger partial charge in [-0.15, -0.1) is 0 Å². The van der Waals surface area contributed by atoms with E-state index in [1.807, 2.05) is 25.1 Å². The van der Waals surface area contributed by atoms with Crippen LogP contribution in [0.15, 0.2) is 42.5 Å². The van der Waals surface area contributed by atoms with E-state index in [2.05, 4.69) is 10.3 Å². The molecule has 3 N–H and O–H groups in total. The number of rotatable bonds is 6. The molecule has 2 aromatic carbocycles. The quantitative estimate of drug-likeness (QED) is 0.635. The minimum Gasteiger partial charge on any atom is -0.497 e. The summed E-state index contributed by atoms with van der Waals surface area (Å²) in [4.78, 5) is 15.5. The zero-order valence-corrected chi connectivity index (χ0v) is 15.0. The van der Waals surface area contributed by atoms with Crippen LogP contribution in [-0.4, -0.2) is 36.8 Å². The largest absolute Gasteiger partial charge is 0.497 e. The van der Waals surface area contributed by atoms with Gasteiger partial charge < -0.3 is 24.9 Å². The summed E-state index contributed by atoms with van der Waals surface area (Å²) in [6, 6.07) is 12.8. The molecule has 3 rings (SSSR count). The first-order valence-corrected chi connectivity index (χ1v) is 8.29. The summed E-state index contributed by atoms with van der Waals surface area (Å²) < 4.78 is 10.4. The Morgan fingerprint density at radius 3 is 2.46 bits per heavy atom. The van der Waals surface area contributed by atoms with Gasteiger partial charge in [-0.25, -0.2) is 0 Å². The average molecular weight is 354 g/mol. The van der Waals surface area contributed by atoms with Crippen molar-refractivity contribution in [2.45, 2.75) is 13.0 Å². The van der Waals surface area contributed by atoms with Crippen LogP contribution in [-0.2, 0) is 0 Å². The van der Waals surface area contributed by atoms with Gasteiger partial charge in [0.2, 0.25) is 0 Å². The van der Waals surface area contributed by atoms with E-state index < -0.39 is 6.10 Å². The Morgan fingerprint density at radius 1 is 1.15 bits per heavy atom. The van der Waals surface area contributed by atoms with E-state index >= 15 is 0 Å². The third kappa shape index (κ3) is 3.65. The number of H-pyrrole nitrogens is 1. The number of aliphatic hydroxyl groups is 1. The molecule has 0 saturated heterocycles. The molecule has 0 fully saturated rings. The second kappa shape index (κ2) is 7.49. The minimum atomic E-state index is -0.880. The molecular formula is C20H22N2O4. The summed E-state index contributed by atoms with van der Waals surface area (Å²) >= 11 is 0. The zero-order valence-electron chi connectivity index (χ0n) is 15.0. The molecule has 1 aromatic heterocycles. The fourth-order valence-electron chi connectivity index (χ4n) is 2.85. The number of nitrogens with one attached hydrogen (secondary N) is 2. The highest BCUT2D eigenvalue weighted by molar-refractivity contribution is 5.98. The lowest BCUT2D eigenvalue weighted by Crippen LogP contribution is -2.28. The molecule has 0 radical (unpaired) electrons. The third-order valence-electron chi connectivity index (χ3n) is 4.32. The van der Waals surface area contributed by atoms with Crippen molar-refractivity contribution in [1.29, 1.82) is 0 Å². The van der Waals surface area contributed by atoms with Crippen LogP contribution in [0.25, 0.3) is 10.9 Å². The Hall–Kier alpha value is -2.99. The maximum absolute atomic E-state index is 12.4. The molecule has 0 aliphatic carbocycles. The van der Waals surface area contributed by atoms with E-state index in [-0.39, 0.29) is 12.5 Å². The number of carbonyl (C=O) groups is 1. The van der Waals surface area contributed by atoms with Crippen molar-refractivity contribution in [3.63, 3.8) is 0 Å². The summed E-state index contributed by atoms with van der Waals surface area (Å²) in [5.74, 6) is 0.890. The van der Waals surface area contributed by atoms with Crippen molar-refractivity contribution >= 4 is 16.8 Å². The number of ether oxygens (including phenoxy) is 2. The van der Waals surface area contributed by atoms with Gasteiger partial charge in [-0.3, -0.25) is 4.79 Å². The van der Waals surface area contributed by atoms with Crippen molar-refractivity contribution in [3.8, 4) is 11.5 Å². The van der Waals surface area contributed by atoms with Gasteiger partial charge in [0.25, 0.3) is 5.91 Å². The van der Waals surface area contributed by atoms with E-state index in [1.165, 1.54) is 0 Å². The van der Waals surface area contributed by atoms with Gasteiger partial charge in [0, 0.05) is 23.5 Å². The van der Waals surface area contributed by atoms with Crippen molar-refractivity contribution in [3.05, 3.63) is 59.3 Å². The maximum Gasteiger partial charge on any atom is 0.267 e. The number of para-hydroxylation sites is 1. The number of hydrogen-bond acceptors (Lipinski definition) is 4. The van der Waals surface area contributed by atoms with Crippen molar-refractivity contribution in [2.75, 3.05) is 20.8 Å². The van der Waals surface area contributed by atoms with Gasteiger partial charge in [0.05, 0.1) is 20.3 Å². The fourth-order valence-corrected chi connectivity index (χ4v) is 2.85. The van der Waals surface area contributed by atoms with Crippen LogP contribution in [0, 0.1) is 6.92 Å². The molecule has 0 bridgehead atoms. The van der Waals surface area contributed by atoms with Crippen LogP contribution >= 0.6 is 0 Å². The minimum absolute atomic E-state index is 0.0729. The zero-order chi connectivity index (χ0) is 18.7. The van der Waals surface area contributed by atoms with Crippen LogP contribution < -0.4 is 14.8 Å². The molecule has 6 nitrogen and oxygen atoms in total. The molecule has 3 aromatic rings. The van der Waals surface area contributed by atoms with Gasteiger partial charge in [-0.05, 0) is 36.2 Å². The Balaban J connectivity index is 1.71. The van der Waals surface area contributed by atoms with Gasteiger partial charge in [-0.2, -0.15) is 0 Å². The molecule has 1 atom stereocenters. The summed E-state index contributed by atoms with van der Waals surface area (Å²) in [7, 11) is 3.09. The summed E-state index contributed by atoms with van der Waals surface area (Å²) in [5, 5.41) is 14.1. The molecule has 1 unspecified atom stereocenters. The molecule has 1 heterocycles. The molecule has 0 spiro atoms. The Bertz CT molecular complexity index is 910. The molecule has 136 valence electrons. The van der Waals surface area contributed by atoms with Gasteiger partial charge in [0.15, 0.2) is 0 Å². The SMILES string of the molecule is COc1cc(OC)cc(C(O)CNC(=O)c2cc3cccc(C)c3[nH]2)c1. The number of carbonyl (C=O) groups excluding carboxylic acids is 1. The summed E-state index contributed by atoms with van der Waals surface area (Å²) in [6.45, 7) is 2.06. The molecule has 1 amide bonds. The predicted molar refractivity (Wildman–Crippen MR) is 99.9 cm³/mol. The van der Waals surface area contributed by atoms with Crippen molar-refractivity contribution < 1.29 is 19.4 Å². The molecule has 6 heteroatoms. The average Bonchev–Trinajstić information content (AvgIpc) is 3.11. The number of aliphatic hydroxyl groups excluding tert-OH is 1.